The summed E-state index contributed by atoms with van der Waals surface area (Å²) >= 11 is 0. The minimum absolute atomic E-state index is 0.369. The maximum absolute atomic E-state index is 13.4. The second kappa shape index (κ2) is 4.31. The number of hydrogen-bond acceptors (Lipinski definition) is 2. The SMILES string of the molecule is CC1C(F)=CC(N2CCOCC2)=CC1F. The molecule has 15 heavy (non-hydrogen) atoms. The molecule has 1 aliphatic heterocycles. The summed E-state index contributed by atoms with van der Waals surface area (Å²) in [5.74, 6) is -1.01. The molecule has 1 aliphatic carbocycles. The zero-order valence-electron chi connectivity index (χ0n) is 8.75. The van der Waals surface area contributed by atoms with Gasteiger partial charge in [-0.05, 0) is 12.2 Å². The van der Waals surface area contributed by atoms with E-state index in [1.807, 2.05) is 4.90 Å². The third kappa shape index (κ3) is 2.20. The van der Waals surface area contributed by atoms with E-state index in [1.165, 1.54) is 12.2 Å². The molecule has 0 radical (unpaired) electrons. The summed E-state index contributed by atoms with van der Waals surface area (Å²) in [5.41, 5.74) is 0.654. The Morgan fingerprint density at radius 2 is 2.07 bits per heavy atom. The lowest BCUT2D eigenvalue weighted by Crippen LogP contribution is -2.36. The van der Waals surface area contributed by atoms with E-state index in [4.69, 9.17) is 4.74 Å². The van der Waals surface area contributed by atoms with Gasteiger partial charge in [0.05, 0.1) is 13.2 Å². The smallest absolute Gasteiger partial charge is 0.129 e. The average molecular weight is 215 g/mol. The van der Waals surface area contributed by atoms with Crippen molar-refractivity contribution in [3.8, 4) is 0 Å². The third-order valence-corrected chi connectivity index (χ3v) is 2.90. The van der Waals surface area contributed by atoms with Crippen LogP contribution >= 0.6 is 0 Å². The minimum atomic E-state index is -1.21. The topological polar surface area (TPSA) is 12.5 Å². The van der Waals surface area contributed by atoms with Gasteiger partial charge in [-0.3, -0.25) is 0 Å². The fourth-order valence-corrected chi connectivity index (χ4v) is 1.80. The zero-order chi connectivity index (χ0) is 10.8. The summed E-state index contributed by atoms with van der Waals surface area (Å²) in [6.45, 7) is 4.22. The van der Waals surface area contributed by atoms with Gasteiger partial charge >= 0.3 is 0 Å². The van der Waals surface area contributed by atoms with Crippen molar-refractivity contribution < 1.29 is 13.5 Å². The van der Waals surface area contributed by atoms with Gasteiger partial charge in [0.25, 0.3) is 0 Å². The van der Waals surface area contributed by atoms with Gasteiger partial charge in [0.15, 0.2) is 0 Å². The van der Waals surface area contributed by atoms with Crippen molar-refractivity contribution in [1.82, 2.24) is 4.90 Å². The summed E-state index contributed by atoms with van der Waals surface area (Å²) in [5, 5.41) is 0. The highest BCUT2D eigenvalue weighted by molar-refractivity contribution is 5.28. The molecule has 0 bridgehead atoms. The molecule has 1 heterocycles. The Kier molecular flexibility index (Phi) is 3.05. The molecule has 0 aromatic carbocycles. The van der Waals surface area contributed by atoms with Crippen LogP contribution in [0.2, 0.25) is 0 Å². The zero-order valence-corrected chi connectivity index (χ0v) is 8.75. The summed E-state index contributed by atoms with van der Waals surface area (Å²) in [6, 6.07) is 0. The number of halogens is 2. The molecule has 2 nitrogen and oxygen atoms in total. The Bertz CT molecular complexity index is 295. The van der Waals surface area contributed by atoms with Crippen LogP contribution in [0.25, 0.3) is 0 Å². The van der Waals surface area contributed by atoms with Crippen molar-refractivity contribution in [2.45, 2.75) is 13.1 Å². The number of rotatable bonds is 1. The third-order valence-electron chi connectivity index (χ3n) is 2.90. The fraction of sp³-hybridized carbons (Fsp3) is 0.636. The minimum Gasteiger partial charge on any atom is -0.378 e. The molecule has 84 valence electrons. The predicted molar refractivity (Wildman–Crippen MR) is 53.7 cm³/mol. The number of morpholine rings is 1. The molecular weight excluding hydrogens is 200 g/mol. The molecule has 0 aromatic heterocycles. The molecule has 0 amide bonds. The van der Waals surface area contributed by atoms with Gasteiger partial charge in [0.2, 0.25) is 0 Å². The van der Waals surface area contributed by atoms with Gasteiger partial charge in [-0.1, -0.05) is 6.92 Å². The number of ether oxygens (including phenoxy) is 1. The highest BCUT2D eigenvalue weighted by atomic mass is 19.1. The van der Waals surface area contributed by atoms with Crippen LogP contribution < -0.4 is 0 Å². The van der Waals surface area contributed by atoms with Crippen LogP contribution in [0, 0.1) is 5.92 Å². The van der Waals surface area contributed by atoms with Gasteiger partial charge in [-0.2, -0.15) is 0 Å². The molecule has 2 atom stereocenters. The molecule has 2 unspecified atom stereocenters. The number of nitrogens with zero attached hydrogens (tertiary/aromatic N) is 1. The van der Waals surface area contributed by atoms with Crippen LogP contribution in [0.3, 0.4) is 0 Å². The molecule has 0 aromatic rings. The van der Waals surface area contributed by atoms with E-state index in [0.29, 0.717) is 32.0 Å². The van der Waals surface area contributed by atoms with Crippen LogP contribution in [-0.2, 0) is 4.74 Å². The van der Waals surface area contributed by atoms with E-state index in [-0.39, 0.29) is 5.83 Å². The summed E-state index contributed by atoms with van der Waals surface area (Å²) in [7, 11) is 0. The van der Waals surface area contributed by atoms with E-state index >= 15 is 0 Å². The quantitative estimate of drug-likeness (QED) is 0.663. The molecule has 2 aliphatic rings. The van der Waals surface area contributed by atoms with Crippen molar-refractivity contribution in [3.05, 3.63) is 23.7 Å². The highest BCUT2D eigenvalue weighted by Crippen LogP contribution is 2.28. The largest absolute Gasteiger partial charge is 0.378 e. The first-order valence-electron chi connectivity index (χ1n) is 5.24. The van der Waals surface area contributed by atoms with Crippen molar-refractivity contribution in [2.75, 3.05) is 26.3 Å². The lowest BCUT2D eigenvalue weighted by molar-refractivity contribution is 0.0542. The number of alkyl halides is 1. The Morgan fingerprint density at radius 1 is 1.40 bits per heavy atom. The number of hydrogen-bond donors (Lipinski definition) is 0. The molecule has 0 N–H and O–H groups in total. The molecular formula is C11H15F2NO. The second-order valence-electron chi connectivity index (χ2n) is 3.95. The van der Waals surface area contributed by atoms with Gasteiger partial charge < -0.3 is 9.64 Å². The van der Waals surface area contributed by atoms with Gasteiger partial charge in [0, 0.05) is 24.7 Å². The Labute approximate surface area is 88.2 Å². The first-order chi connectivity index (χ1) is 7.18. The monoisotopic (exact) mass is 215 g/mol. The lowest BCUT2D eigenvalue weighted by Gasteiger charge is -2.32. The van der Waals surface area contributed by atoms with E-state index < -0.39 is 12.1 Å². The van der Waals surface area contributed by atoms with Gasteiger partial charge in [-0.15, -0.1) is 0 Å². The van der Waals surface area contributed by atoms with Crippen molar-refractivity contribution >= 4 is 0 Å². The molecule has 0 saturated carbocycles. The van der Waals surface area contributed by atoms with E-state index in [2.05, 4.69) is 0 Å². The molecule has 4 heteroatoms. The molecule has 1 saturated heterocycles. The summed E-state index contributed by atoms with van der Waals surface area (Å²) < 4.78 is 32.0. The average Bonchev–Trinajstić information content (AvgIpc) is 2.26. The van der Waals surface area contributed by atoms with Crippen LogP contribution in [-0.4, -0.2) is 37.4 Å². The molecule has 2 rings (SSSR count). The fourth-order valence-electron chi connectivity index (χ4n) is 1.80. The number of allylic oxidation sites excluding steroid dienone is 3. The Morgan fingerprint density at radius 3 is 2.67 bits per heavy atom. The first-order valence-corrected chi connectivity index (χ1v) is 5.24. The first kappa shape index (κ1) is 10.6. The van der Waals surface area contributed by atoms with Crippen molar-refractivity contribution in [3.63, 3.8) is 0 Å². The van der Waals surface area contributed by atoms with Crippen LogP contribution in [0.4, 0.5) is 8.78 Å². The Balaban J connectivity index is 2.12. The predicted octanol–water partition coefficient (Wildman–Crippen LogP) is 2.04. The normalized spacial score (nSPS) is 32.3. The highest BCUT2D eigenvalue weighted by Gasteiger charge is 2.26. The maximum atomic E-state index is 13.4. The molecule has 0 spiro atoms. The van der Waals surface area contributed by atoms with Crippen LogP contribution in [0.5, 0.6) is 0 Å². The van der Waals surface area contributed by atoms with E-state index in [1.54, 1.807) is 6.92 Å². The summed E-state index contributed by atoms with van der Waals surface area (Å²) in [4.78, 5) is 1.96. The maximum Gasteiger partial charge on any atom is 0.129 e. The molecule has 1 fully saturated rings. The van der Waals surface area contributed by atoms with Crippen LogP contribution in [0.15, 0.2) is 23.7 Å². The van der Waals surface area contributed by atoms with Crippen LogP contribution in [0.1, 0.15) is 6.92 Å². The van der Waals surface area contributed by atoms with Crippen molar-refractivity contribution in [2.24, 2.45) is 5.92 Å². The lowest BCUT2D eigenvalue weighted by atomic mass is 9.97. The standard InChI is InChI=1S/C11H15F2NO/c1-8-10(12)6-9(7-11(8)13)14-2-4-15-5-3-14/h6-8,10H,2-5H2,1H3. The second-order valence-corrected chi connectivity index (χ2v) is 3.95. The summed E-state index contributed by atoms with van der Waals surface area (Å²) in [6.07, 6.45) is 1.72. The van der Waals surface area contributed by atoms with Crippen molar-refractivity contribution in [1.29, 1.82) is 0 Å². The van der Waals surface area contributed by atoms with Gasteiger partial charge in [0.1, 0.15) is 12.0 Å². The Hall–Kier alpha value is -0.900. The van der Waals surface area contributed by atoms with E-state index in [0.717, 1.165) is 0 Å². The van der Waals surface area contributed by atoms with E-state index in [9.17, 15) is 8.78 Å². The van der Waals surface area contributed by atoms with Gasteiger partial charge in [-0.25, -0.2) is 8.78 Å².